The molecule has 18 heavy (non-hydrogen) atoms. The fraction of sp³-hybridized carbons (Fsp3) is 0.583. The zero-order valence-electron chi connectivity index (χ0n) is 10.9. The van der Waals surface area contributed by atoms with Crippen LogP contribution in [0.4, 0.5) is 4.79 Å². The van der Waals surface area contributed by atoms with E-state index in [9.17, 15) is 9.59 Å². The molecule has 6 nitrogen and oxygen atoms in total. The summed E-state index contributed by atoms with van der Waals surface area (Å²) in [6.45, 7) is 7.22. The normalized spacial score (nSPS) is 15.6. The molecular formula is C12H16N2O4. The largest absolute Gasteiger partial charge is 0.443 e. The lowest BCUT2D eigenvalue weighted by Gasteiger charge is -2.27. The first-order valence-electron chi connectivity index (χ1n) is 5.79. The van der Waals surface area contributed by atoms with Crippen molar-refractivity contribution in [2.75, 3.05) is 6.54 Å². The SMILES string of the molecule is Cc1noc2c1C(=O)N(C(=O)OC(C)(C)C)CC2. The predicted octanol–water partition coefficient (Wildman–Crippen LogP) is 1.92. The van der Waals surface area contributed by atoms with E-state index in [1.165, 1.54) is 0 Å². The highest BCUT2D eigenvalue weighted by atomic mass is 16.6. The molecule has 0 saturated heterocycles. The molecule has 1 aliphatic rings. The van der Waals surface area contributed by atoms with Gasteiger partial charge < -0.3 is 9.26 Å². The standard InChI is InChI=1S/C12H16N2O4/c1-7-9-8(18-13-7)5-6-14(10(9)15)11(16)17-12(2,3)4/h5-6H2,1-4H3. The third-order valence-electron chi connectivity index (χ3n) is 2.57. The average Bonchev–Trinajstić information content (AvgIpc) is 2.58. The quantitative estimate of drug-likeness (QED) is 0.705. The highest BCUT2D eigenvalue weighted by Crippen LogP contribution is 2.23. The van der Waals surface area contributed by atoms with Crippen LogP contribution in [-0.4, -0.2) is 34.2 Å². The van der Waals surface area contributed by atoms with E-state index in [4.69, 9.17) is 9.26 Å². The molecule has 1 aliphatic heterocycles. The maximum Gasteiger partial charge on any atom is 0.417 e. The van der Waals surface area contributed by atoms with Crippen LogP contribution in [0.1, 0.15) is 42.6 Å². The summed E-state index contributed by atoms with van der Waals surface area (Å²) in [7, 11) is 0. The third kappa shape index (κ3) is 2.23. The summed E-state index contributed by atoms with van der Waals surface area (Å²) in [5, 5.41) is 3.74. The number of carbonyl (C=O) groups is 2. The third-order valence-corrected chi connectivity index (χ3v) is 2.57. The van der Waals surface area contributed by atoms with Gasteiger partial charge in [0.25, 0.3) is 5.91 Å². The predicted molar refractivity (Wildman–Crippen MR) is 62.2 cm³/mol. The topological polar surface area (TPSA) is 72.6 Å². The molecule has 0 aromatic carbocycles. The molecule has 0 atom stereocenters. The maximum absolute atomic E-state index is 12.2. The van der Waals surface area contributed by atoms with Crippen molar-refractivity contribution in [1.29, 1.82) is 0 Å². The summed E-state index contributed by atoms with van der Waals surface area (Å²) in [6, 6.07) is 0. The maximum atomic E-state index is 12.2. The zero-order valence-corrected chi connectivity index (χ0v) is 10.9. The lowest BCUT2D eigenvalue weighted by Crippen LogP contribution is -2.44. The number of nitrogens with zero attached hydrogens (tertiary/aromatic N) is 2. The number of aryl methyl sites for hydroxylation is 1. The number of rotatable bonds is 0. The van der Waals surface area contributed by atoms with Gasteiger partial charge in [0.15, 0.2) is 5.76 Å². The Labute approximate surface area is 105 Å². The van der Waals surface area contributed by atoms with Gasteiger partial charge in [-0.2, -0.15) is 0 Å². The van der Waals surface area contributed by atoms with Gasteiger partial charge in [0, 0.05) is 13.0 Å². The Balaban J connectivity index is 2.21. The first-order valence-corrected chi connectivity index (χ1v) is 5.79. The Kier molecular flexibility index (Phi) is 2.88. The number of fused-ring (bicyclic) bond motifs is 1. The summed E-state index contributed by atoms with van der Waals surface area (Å²) in [5.41, 5.74) is 0.261. The highest BCUT2D eigenvalue weighted by molar-refractivity contribution is 6.05. The van der Waals surface area contributed by atoms with E-state index in [2.05, 4.69) is 5.16 Å². The van der Waals surface area contributed by atoms with Crippen LogP contribution in [0.5, 0.6) is 0 Å². The first kappa shape index (κ1) is 12.6. The van der Waals surface area contributed by atoms with Crippen molar-refractivity contribution in [2.45, 2.75) is 39.7 Å². The second-order valence-corrected chi connectivity index (χ2v) is 5.25. The highest BCUT2D eigenvalue weighted by Gasteiger charge is 2.35. The molecular weight excluding hydrogens is 236 g/mol. The Morgan fingerprint density at radius 1 is 1.44 bits per heavy atom. The minimum Gasteiger partial charge on any atom is -0.443 e. The van der Waals surface area contributed by atoms with Gasteiger partial charge in [0.1, 0.15) is 11.2 Å². The van der Waals surface area contributed by atoms with Crippen molar-refractivity contribution in [2.24, 2.45) is 0 Å². The second-order valence-electron chi connectivity index (χ2n) is 5.25. The van der Waals surface area contributed by atoms with E-state index in [0.717, 1.165) is 4.90 Å². The zero-order chi connectivity index (χ0) is 13.5. The van der Waals surface area contributed by atoms with E-state index in [1.807, 2.05) is 0 Å². The van der Waals surface area contributed by atoms with Gasteiger partial charge >= 0.3 is 6.09 Å². The molecule has 0 N–H and O–H groups in total. The summed E-state index contributed by atoms with van der Waals surface area (Å²) < 4.78 is 10.2. The lowest BCUT2D eigenvalue weighted by atomic mass is 10.1. The molecule has 0 unspecified atom stereocenters. The molecule has 0 bridgehead atoms. The van der Waals surface area contributed by atoms with Gasteiger partial charge in [0.2, 0.25) is 0 Å². The first-order chi connectivity index (χ1) is 8.29. The van der Waals surface area contributed by atoms with Crippen molar-refractivity contribution in [1.82, 2.24) is 10.1 Å². The van der Waals surface area contributed by atoms with Gasteiger partial charge in [0.05, 0.1) is 5.69 Å². The molecule has 1 aromatic heterocycles. The summed E-state index contributed by atoms with van der Waals surface area (Å²) in [4.78, 5) is 25.1. The van der Waals surface area contributed by atoms with Crippen LogP contribution in [0.3, 0.4) is 0 Å². The number of aromatic nitrogens is 1. The molecule has 2 heterocycles. The van der Waals surface area contributed by atoms with Gasteiger partial charge in [-0.15, -0.1) is 0 Å². The minimum atomic E-state index is -0.626. The van der Waals surface area contributed by atoms with Crippen LogP contribution in [0.15, 0.2) is 4.52 Å². The number of carbonyl (C=O) groups excluding carboxylic acids is 2. The van der Waals surface area contributed by atoms with Crippen LogP contribution >= 0.6 is 0 Å². The molecule has 0 fully saturated rings. The van der Waals surface area contributed by atoms with Gasteiger partial charge in [-0.05, 0) is 27.7 Å². The number of amides is 2. The van der Waals surface area contributed by atoms with Gasteiger partial charge in [-0.1, -0.05) is 5.16 Å². The number of hydrogen-bond acceptors (Lipinski definition) is 5. The Bertz CT molecular complexity index is 499. The van der Waals surface area contributed by atoms with Crippen molar-refractivity contribution >= 4 is 12.0 Å². The van der Waals surface area contributed by atoms with Crippen molar-refractivity contribution < 1.29 is 18.8 Å². The average molecular weight is 252 g/mol. The fourth-order valence-corrected chi connectivity index (χ4v) is 1.80. The summed E-state index contributed by atoms with van der Waals surface area (Å²) in [6.07, 6.45) is -0.153. The Morgan fingerprint density at radius 2 is 2.11 bits per heavy atom. The number of imide groups is 1. The summed E-state index contributed by atoms with van der Waals surface area (Å²) >= 11 is 0. The van der Waals surface area contributed by atoms with E-state index in [1.54, 1.807) is 27.7 Å². The molecule has 0 saturated carbocycles. The smallest absolute Gasteiger partial charge is 0.417 e. The van der Waals surface area contributed by atoms with Crippen molar-refractivity contribution in [3.63, 3.8) is 0 Å². The molecule has 0 spiro atoms. The van der Waals surface area contributed by atoms with Crippen molar-refractivity contribution in [3.05, 3.63) is 17.0 Å². The van der Waals surface area contributed by atoms with Gasteiger partial charge in [-0.3, -0.25) is 4.79 Å². The Hall–Kier alpha value is -1.85. The van der Waals surface area contributed by atoms with Crippen LogP contribution in [-0.2, 0) is 11.2 Å². The van der Waals surface area contributed by atoms with Crippen molar-refractivity contribution in [3.8, 4) is 0 Å². The Morgan fingerprint density at radius 3 is 2.72 bits per heavy atom. The molecule has 2 amide bonds. The molecule has 0 radical (unpaired) electrons. The molecule has 98 valence electrons. The second kappa shape index (κ2) is 4.12. The monoisotopic (exact) mass is 252 g/mol. The van der Waals surface area contributed by atoms with Crippen LogP contribution in [0.2, 0.25) is 0 Å². The van der Waals surface area contributed by atoms with Crippen LogP contribution < -0.4 is 0 Å². The number of hydrogen-bond donors (Lipinski definition) is 0. The van der Waals surface area contributed by atoms with Crippen LogP contribution in [0.25, 0.3) is 0 Å². The molecule has 6 heteroatoms. The molecule has 2 rings (SSSR count). The van der Waals surface area contributed by atoms with E-state index >= 15 is 0 Å². The van der Waals surface area contributed by atoms with E-state index < -0.39 is 17.6 Å². The fourth-order valence-electron chi connectivity index (χ4n) is 1.80. The lowest BCUT2D eigenvalue weighted by molar-refractivity contribution is 0.0229. The van der Waals surface area contributed by atoms with E-state index in [-0.39, 0.29) is 6.54 Å². The van der Waals surface area contributed by atoms with E-state index in [0.29, 0.717) is 23.4 Å². The van der Waals surface area contributed by atoms with Gasteiger partial charge in [-0.25, -0.2) is 9.69 Å². The molecule has 0 aliphatic carbocycles. The summed E-state index contributed by atoms with van der Waals surface area (Å²) in [5.74, 6) is 0.140. The molecule has 1 aromatic rings. The number of ether oxygens (including phenoxy) is 1. The van der Waals surface area contributed by atoms with Crippen LogP contribution in [0, 0.1) is 6.92 Å². The minimum absolute atomic E-state index is 0.259.